The average Bonchev–Trinajstić information content (AvgIpc) is 2.91. The smallest absolute Gasteiger partial charge is 0.286 e. The van der Waals surface area contributed by atoms with Gasteiger partial charge in [-0.3, -0.25) is 0 Å². The first-order chi connectivity index (χ1) is 17.3. The maximum Gasteiger partial charge on any atom is 0.286 e. The molecule has 3 heterocycles. The minimum Gasteiger partial charge on any atom is -0.456 e. The van der Waals surface area contributed by atoms with Gasteiger partial charge in [-0.25, -0.2) is 4.57 Å². The second-order valence-electron chi connectivity index (χ2n) is 9.25. The quantitative estimate of drug-likeness (QED) is 0.133. The number of benzene rings is 5. The number of aromatic nitrogens is 2. The van der Waals surface area contributed by atoms with Crippen LogP contribution in [-0.2, 0) is 7.05 Å². The number of aryl methyl sites for hydroxylation is 1. The molecule has 35 heavy (non-hydrogen) atoms. The van der Waals surface area contributed by atoms with Crippen LogP contribution < -0.4 is 8.98 Å². The van der Waals surface area contributed by atoms with Gasteiger partial charge in [0.25, 0.3) is 5.49 Å². The van der Waals surface area contributed by atoms with E-state index in [1.807, 2.05) is 6.07 Å². The van der Waals surface area contributed by atoms with E-state index in [1.165, 1.54) is 48.9 Å². The molecule has 3 nitrogen and oxygen atoms in total. The second-order valence-corrected chi connectivity index (χ2v) is 9.25. The molecule has 0 aliphatic carbocycles. The van der Waals surface area contributed by atoms with E-state index in [-0.39, 0.29) is 0 Å². The number of nitrogens with zero attached hydrogens (tertiary/aromatic N) is 2. The van der Waals surface area contributed by atoms with Crippen LogP contribution in [0.5, 0.6) is 11.5 Å². The van der Waals surface area contributed by atoms with Gasteiger partial charge in [-0.2, -0.15) is 4.24 Å². The maximum atomic E-state index is 6.51. The van der Waals surface area contributed by atoms with E-state index in [0.29, 0.717) is 0 Å². The molecule has 5 aromatic carbocycles. The van der Waals surface area contributed by atoms with E-state index in [2.05, 4.69) is 119 Å². The van der Waals surface area contributed by atoms with Crippen molar-refractivity contribution in [1.29, 1.82) is 0 Å². The minimum atomic E-state index is 0.913. The molecule has 0 bridgehead atoms. The fourth-order valence-corrected chi connectivity index (χ4v) is 5.98. The lowest BCUT2D eigenvalue weighted by molar-refractivity contribution is -0.455. The molecule has 7 aromatic rings. The molecule has 8 rings (SSSR count). The predicted octanol–water partition coefficient (Wildman–Crippen LogP) is 7.50. The van der Waals surface area contributed by atoms with Crippen LogP contribution in [0.1, 0.15) is 0 Å². The van der Waals surface area contributed by atoms with E-state index in [1.54, 1.807) is 0 Å². The number of hydrogen-bond donors (Lipinski definition) is 0. The van der Waals surface area contributed by atoms with E-state index < -0.39 is 0 Å². The molecule has 0 atom stereocenters. The maximum absolute atomic E-state index is 6.51. The average molecular weight is 450 g/mol. The standard InChI is InChI=1S/C32H21N2O/c1-33-19-9-8-16-28(33)34-24-14-6-4-12-22(24)29-20-10-2-3-11-21(20)30-23-13-5-7-15-26(23)35-27-18-17-25(34)31(29)32(27)30/h2-19H,1H3/q+1. The largest absolute Gasteiger partial charge is 0.456 e. The Morgan fingerprint density at radius 3 is 2.20 bits per heavy atom. The van der Waals surface area contributed by atoms with E-state index in [0.717, 1.165) is 22.6 Å². The fraction of sp³-hybridized carbons (Fsp3) is 0.0312. The summed E-state index contributed by atoms with van der Waals surface area (Å²) in [6.45, 7) is 0. The SMILES string of the molecule is Cn1ccccc1=[n+]1c2ccccc2c2c3ccccc3c3c4c(ccc1c42)Oc1ccccc1-3. The first-order valence-electron chi connectivity index (χ1n) is 11.9. The molecule has 1 aliphatic heterocycles. The van der Waals surface area contributed by atoms with Crippen LogP contribution >= 0.6 is 0 Å². The second kappa shape index (κ2) is 6.71. The first-order valence-corrected chi connectivity index (χ1v) is 11.9. The molecule has 0 N–H and O–H groups in total. The van der Waals surface area contributed by atoms with Gasteiger partial charge >= 0.3 is 0 Å². The minimum absolute atomic E-state index is 0.913. The number of ether oxygens (including phenoxy) is 1. The van der Waals surface area contributed by atoms with Crippen LogP contribution in [0.15, 0.2) is 109 Å². The van der Waals surface area contributed by atoms with Crippen LogP contribution in [0.2, 0.25) is 0 Å². The Morgan fingerprint density at radius 1 is 0.571 bits per heavy atom. The van der Waals surface area contributed by atoms with Gasteiger partial charge in [0.05, 0.1) is 13.2 Å². The lowest BCUT2D eigenvalue weighted by Crippen LogP contribution is -2.24. The van der Waals surface area contributed by atoms with Crippen molar-refractivity contribution in [3.63, 3.8) is 0 Å². The van der Waals surface area contributed by atoms with Crippen LogP contribution in [-0.4, -0.2) is 4.57 Å². The Morgan fingerprint density at radius 2 is 1.31 bits per heavy atom. The van der Waals surface area contributed by atoms with Crippen LogP contribution in [0, 0.1) is 5.49 Å². The summed E-state index contributed by atoms with van der Waals surface area (Å²) < 4.78 is 11.1. The highest BCUT2D eigenvalue weighted by atomic mass is 16.5. The highest BCUT2D eigenvalue weighted by Crippen LogP contribution is 2.52. The van der Waals surface area contributed by atoms with Crippen molar-refractivity contribution in [2.75, 3.05) is 0 Å². The molecule has 3 heteroatoms. The number of rotatable bonds is 0. The van der Waals surface area contributed by atoms with Crippen molar-refractivity contribution in [2.24, 2.45) is 7.05 Å². The molecular weight excluding hydrogens is 428 g/mol. The molecule has 0 fully saturated rings. The molecular formula is C32H21N2O+. The van der Waals surface area contributed by atoms with Crippen molar-refractivity contribution in [3.8, 4) is 22.6 Å². The number of hydrogen-bond acceptors (Lipinski definition) is 1. The van der Waals surface area contributed by atoms with Gasteiger partial charge in [-0.15, -0.1) is 0 Å². The van der Waals surface area contributed by atoms with Crippen molar-refractivity contribution in [2.45, 2.75) is 0 Å². The van der Waals surface area contributed by atoms with E-state index >= 15 is 0 Å². The summed E-state index contributed by atoms with van der Waals surface area (Å²) in [5.74, 6) is 1.83. The Bertz CT molecular complexity index is 2100. The van der Waals surface area contributed by atoms with E-state index in [4.69, 9.17) is 4.74 Å². The van der Waals surface area contributed by atoms with Gasteiger partial charge in [0.15, 0.2) is 0 Å². The lowest BCUT2D eigenvalue weighted by Gasteiger charge is -2.24. The number of fused-ring (bicyclic) bond motifs is 7. The third kappa shape index (κ3) is 2.37. The summed E-state index contributed by atoms with van der Waals surface area (Å²) in [5.41, 5.74) is 5.89. The van der Waals surface area contributed by atoms with Crippen molar-refractivity contribution < 1.29 is 8.98 Å². The highest BCUT2D eigenvalue weighted by Gasteiger charge is 2.27. The molecule has 0 spiro atoms. The summed E-state index contributed by atoms with van der Waals surface area (Å²) in [4.78, 5) is 0. The molecule has 0 saturated heterocycles. The van der Waals surface area contributed by atoms with Gasteiger partial charge in [0, 0.05) is 38.7 Å². The van der Waals surface area contributed by atoms with Crippen LogP contribution in [0.4, 0.5) is 0 Å². The summed E-state index contributed by atoms with van der Waals surface area (Å²) in [5, 5.41) is 7.49. The lowest BCUT2D eigenvalue weighted by atomic mass is 9.85. The van der Waals surface area contributed by atoms with Gasteiger partial charge < -0.3 is 4.74 Å². The van der Waals surface area contributed by atoms with Gasteiger partial charge in [-0.05, 0) is 41.1 Å². The van der Waals surface area contributed by atoms with Gasteiger partial charge in [-0.1, -0.05) is 66.7 Å². The van der Waals surface area contributed by atoms with Crippen molar-refractivity contribution >= 4 is 43.4 Å². The molecule has 0 unspecified atom stereocenters. The third-order valence-corrected chi connectivity index (χ3v) is 7.40. The van der Waals surface area contributed by atoms with Crippen LogP contribution in [0.25, 0.3) is 54.5 Å². The third-order valence-electron chi connectivity index (χ3n) is 7.40. The van der Waals surface area contributed by atoms with Crippen molar-refractivity contribution in [1.82, 2.24) is 4.57 Å². The summed E-state index contributed by atoms with van der Waals surface area (Å²) in [6, 6.07) is 36.7. The van der Waals surface area contributed by atoms with Crippen LogP contribution in [0.3, 0.4) is 0 Å². The number of para-hydroxylation sites is 2. The zero-order valence-electron chi connectivity index (χ0n) is 19.2. The number of pyridine rings is 2. The van der Waals surface area contributed by atoms with Gasteiger partial charge in [0.1, 0.15) is 22.5 Å². The van der Waals surface area contributed by atoms with Crippen molar-refractivity contribution in [3.05, 3.63) is 115 Å². The first kappa shape index (κ1) is 18.8. The monoisotopic (exact) mass is 449 g/mol. The highest BCUT2D eigenvalue weighted by molar-refractivity contribution is 6.34. The topological polar surface area (TPSA) is 20.1 Å². The molecule has 164 valence electrons. The molecule has 2 aromatic heterocycles. The summed E-state index contributed by atoms with van der Waals surface area (Å²) >= 11 is 0. The molecule has 0 saturated carbocycles. The fourth-order valence-electron chi connectivity index (χ4n) is 5.98. The predicted molar refractivity (Wildman–Crippen MR) is 142 cm³/mol. The zero-order chi connectivity index (χ0) is 23.1. The summed E-state index contributed by atoms with van der Waals surface area (Å²) in [7, 11) is 2.10. The summed E-state index contributed by atoms with van der Waals surface area (Å²) in [6.07, 6.45) is 2.10. The van der Waals surface area contributed by atoms with E-state index in [9.17, 15) is 0 Å². The Balaban J connectivity index is 1.81. The molecule has 0 amide bonds. The molecule has 1 aliphatic rings. The zero-order valence-corrected chi connectivity index (χ0v) is 19.2. The Labute approximate surface area is 201 Å². The Kier molecular flexibility index (Phi) is 3.59. The van der Waals surface area contributed by atoms with Gasteiger partial charge in [0.2, 0.25) is 0 Å². The molecule has 0 radical (unpaired) electrons. The Hall–Kier alpha value is -4.63. The normalized spacial score (nSPS) is 13.4.